The molecule has 2 fully saturated rings. The van der Waals surface area contributed by atoms with Gasteiger partial charge in [0.25, 0.3) is 0 Å². The maximum atomic E-state index is 13.3. The SMILES string of the molecule is CCC(C)(C)c1ccc(S(=O)(=O)N2CCN(CCO[C@@H](c3ccccc3)c3ccc(N4CCOCC4)cc3)CC2)cc1. The van der Waals surface area contributed by atoms with Crippen LogP contribution in [0.5, 0.6) is 0 Å². The molecule has 0 unspecified atom stereocenters. The van der Waals surface area contributed by atoms with Crippen LogP contribution in [0.25, 0.3) is 0 Å². The number of morpholine rings is 1. The van der Waals surface area contributed by atoms with Crippen molar-refractivity contribution in [1.82, 2.24) is 9.21 Å². The van der Waals surface area contributed by atoms with Gasteiger partial charge in [0.15, 0.2) is 0 Å². The number of benzene rings is 3. The molecule has 226 valence electrons. The number of ether oxygens (including phenoxy) is 2. The Morgan fingerprint density at radius 1 is 0.810 bits per heavy atom. The summed E-state index contributed by atoms with van der Waals surface area (Å²) in [6, 6.07) is 26.5. The van der Waals surface area contributed by atoms with Crippen LogP contribution in [0.4, 0.5) is 5.69 Å². The number of piperazine rings is 1. The van der Waals surface area contributed by atoms with Crippen LogP contribution in [-0.4, -0.2) is 83.3 Å². The van der Waals surface area contributed by atoms with Crippen molar-refractivity contribution < 1.29 is 17.9 Å². The fourth-order valence-corrected chi connectivity index (χ4v) is 7.04. The van der Waals surface area contributed by atoms with Crippen LogP contribution in [0, 0.1) is 0 Å². The van der Waals surface area contributed by atoms with Gasteiger partial charge in [0.05, 0.1) is 24.7 Å². The minimum absolute atomic E-state index is 0.0296. The van der Waals surface area contributed by atoms with Gasteiger partial charge in [-0.15, -0.1) is 0 Å². The van der Waals surface area contributed by atoms with Crippen molar-refractivity contribution >= 4 is 15.7 Å². The normalized spacial score (nSPS) is 18.2. The second kappa shape index (κ2) is 13.7. The van der Waals surface area contributed by atoms with Crippen LogP contribution in [0.15, 0.2) is 83.8 Å². The lowest BCUT2D eigenvalue weighted by Crippen LogP contribution is -2.49. The second-order valence-corrected chi connectivity index (χ2v) is 13.8. The Labute approximate surface area is 252 Å². The first-order valence-corrected chi connectivity index (χ1v) is 16.6. The van der Waals surface area contributed by atoms with Gasteiger partial charge < -0.3 is 14.4 Å². The summed E-state index contributed by atoms with van der Waals surface area (Å²) in [4.78, 5) is 5.02. The summed E-state index contributed by atoms with van der Waals surface area (Å²) >= 11 is 0. The predicted molar refractivity (Wildman–Crippen MR) is 169 cm³/mol. The lowest BCUT2D eigenvalue weighted by Gasteiger charge is -2.34. The van der Waals surface area contributed by atoms with E-state index in [0.29, 0.717) is 37.7 Å². The third-order valence-corrected chi connectivity index (χ3v) is 10.8. The van der Waals surface area contributed by atoms with E-state index in [0.717, 1.165) is 56.0 Å². The van der Waals surface area contributed by atoms with Crippen molar-refractivity contribution in [3.8, 4) is 0 Å². The molecule has 3 aromatic carbocycles. The molecular formula is C34H45N3O4S. The molecule has 2 saturated heterocycles. The van der Waals surface area contributed by atoms with Crippen LogP contribution >= 0.6 is 0 Å². The van der Waals surface area contributed by atoms with Crippen molar-refractivity contribution in [2.24, 2.45) is 0 Å². The van der Waals surface area contributed by atoms with Crippen LogP contribution in [0.3, 0.4) is 0 Å². The van der Waals surface area contributed by atoms with E-state index >= 15 is 0 Å². The summed E-state index contributed by atoms with van der Waals surface area (Å²) < 4.78 is 40.3. The number of hydrogen-bond acceptors (Lipinski definition) is 6. The summed E-state index contributed by atoms with van der Waals surface area (Å²) in [6.45, 7) is 13.5. The molecule has 2 heterocycles. The predicted octanol–water partition coefficient (Wildman–Crippen LogP) is 5.32. The summed E-state index contributed by atoms with van der Waals surface area (Å²) in [5.74, 6) is 0. The van der Waals surface area contributed by atoms with E-state index in [1.807, 2.05) is 30.3 Å². The van der Waals surface area contributed by atoms with Gasteiger partial charge >= 0.3 is 0 Å². The Morgan fingerprint density at radius 2 is 1.43 bits per heavy atom. The van der Waals surface area contributed by atoms with E-state index in [2.05, 4.69) is 67.0 Å². The molecule has 0 N–H and O–H groups in total. The molecule has 2 aliphatic rings. The van der Waals surface area contributed by atoms with Gasteiger partial charge in [-0.25, -0.2) is 8.42 Å². The highest BCUT2D eigenvalue weighted by molar-refractivity contribution is 7.89. The first-order valence-electron chi connectivity index (χ1n) is 15.2. The lowest BCUT2D eigenvalue weighted by atomic mass is 9.82. The highest BCUT2D eigenvalue weighted by Gasteiger charge is 2.29. The number of hydrogen-bond donors (Lipinski definition) is 0. The molecule has 0 bridgehead atoms. The molecule has 0 radical (unpaired) electrons. The molecular weight excluding hydrogens is 546 g/mol. The molecule has 0 saturated carbocycles. The average Bonchev–Trinajstić information content (AvgIpc) is 3.04. The van der Waals surface area contributed by atoms with Crippen molar-refractivity contribution in [2.45, 2.75) is 43.6 Å². The van der Waals surface area contributed by atoms with Crippen molar-refractivity contribution in [3.63, 3.8) is 0 Å². The monoisotopic (exact) mass is 591 g/mol. The van der Waals surface area contributed by atoms with Gasteiger partial charge in [-0.05, 0) is 52.8 Å². The van der Waals surface area contributed by atoms with Crippen LogP contribution < -0.4 is 4.90 Å². The molecule has 1 atom stereocenters. The Kier molecular flexibility index (Phi) is 10.0. The minimum Gasteiger partial charge on any atom is -0.378 e. The smallest absolute Gasteiger partial charge is 0.243 e. The first kappa shape index (κ1) is 30.7. The van der Waals surface area contributed by atoms with Crippen molar-refractivity contribution in [2.75, 3.05) is 70.5 Å². The van der Waals surface area contributed by atoms with E-state index in [9.17, 15) is 8.42 Å². The molecule has 8 heteroatoms. The van der Waals surface area contributed by atoms with E-state index in [1.165, 1.54) is 5.69 Å². The number of nitrogens with zero attached hydrogens (tertiary/aromatic N) is 3. The van der Waals surface area contributed by atoms with Crippen LogP contribution in [0.1, 0.15) is 50.0 Å². The molecule has 7 nitrogen and oxygen atoms in total. The molecule has 3 aromatic rings. The largest absolute Gasteiger partial charge is 0.378 e. The van der Waals surface area contributed by atoms with E-state index in [-0.39, 0.29) is 11.5 Å². The van der Waals surface area contributed by atoms with Gasteiger partial charge in [0.1, 0.15) is 6.10 Å². The minimum atomic E-state index is -3.51. The highest BCUT2D eigenvalue weighted by atomic mass is 32.2. The van der Waals surface area contributed by atoms with Gasteiger partial charge in [-0.3, -0.25) is 4.90 Å². The lowest BCUT2D eigenvalue weighted by molar-refractivity contribution is 0.0527. The Morgan fingerprint density at radius 3 is 2.05 bits per heavy atom. The van der Waals surface area contributed by atoms with Gasteiger partial charge in [0, 0.05) is 51.5 Å². The number of rotatable bonds is 11. The van der Waals surface area contributed by atoms with Gasteiger partial charge in [-0.2, -0.15) is 4.31 Å². The third-order valence-electron chi connectivity index (χ3n) is 8.86. The number of anilines is 1. The maximum Gasteiger partial charge on any atom is 0.243 e. The third kappa shape index (κ3) is 7.24. The fourth-order valence-electron chi connectivity index (χ4n) is 5.62. The quantitative estimate of drug-likeness (QED) is 0.301. The molecule has 0 aromatic heterocycles. The molecule has 0 spiro atoms. The maximum absolute atomic E-state index is 13.3. The number of sulfonamides is 1. The van der Waals surface area contributed by atoms with E-state index < -0.39 is 10.0 Å². The summed E-state index contributed by atoms with van der Waals surface area (Å²) in [6.07, 6.45) is 0.838. The van der Waals surface area contributed by atoms with Crippen molar-refractivity contribution in [3.05, 3.63) is 95.6 Å². The summed E-state index contributed by atoms with van der Waals surface area (Å²) in [5, 5.41) is 0. The van der Waals surface area contributed by atoms with E-state index in [1.54, 1.807) is 16.4 Å². The fraction of sp³-hybridized carbons (Fsp3) is 0.471. The zero-order valence-corrected chi connectivity index (χ0v) is 26.1. The molecule has 2 aliphatic heterocycles. The van der Waals surface area contributed by atoms with Crippen LogP contribution in [-0.2, 0) is 24.9 Å². The van der Waals surface area contributed by atoms with Gasteiger partial charge in [0.2, 0.25) is 10.0 Å². The Bertz CT molecular complexity index is 1360. The zero-order valence-electron chi connectivity index (χ0n) is 25.2. The molecule has 0 amide bonds. The first-order chi connectivity index (χ1) is 20.3. The molecule has 42 heavy (non-hydrogen) atoms. The average molecular weight is 592 g/mol. The van der Waals surface area contributed by atoms with Gasteiger partial charge in [-0.1, -0.05) is 75.4 Å². The molecule has 0 aliphatic carbocycles. The van der Waals surface area contributed by atoms with Crippen LogP contribution in [0.2, 0.25) is 0 Å². The van der Waals surface area contributed by atoms with E-state index in [4.69, 9.17) is 9.47 Å². The topological polar surface area (TPSA) is 62.3 Å². The second-order valence-electron chi connectivity index (χ2n) is 11.9. The Balaban J connectivity index is 1.16. The molecule has 5 rings (SSSR count). The zero-order chi connectivity index (χ0) is 29.6. The summed E-state index contributed by atoms with van der Waals surface area (Å²) in [5.41, 5.74) is 4.66. The highest BCUT2D eigenvalue weighted by Crippen LogP contribution is 2.30. The standard InChI is InChI=1S/C34H45N3O4S/c1-4-34(2,3)30-12-16-32(17-13-30)42(38,39)37-20-18-35(19-21-37)22-27-41-33(28-8-6-5-7-9-28)29-10-14-31(15-11-29)36-23-25-40-26-24-36/h5-17,33H,4,18-27H2,1-3H3/t33-/m0/s1. The van der Waals surface area contributed by atoms with Crippen molar-refractivity contribution in [1.29, 1.82) is 0 Å². The summed E-state index contributed by atoms with van der Waals surface area (Å²) in [7, 11) is -3.51. The Hall–Kier alpha value is -2.75.